The monoisotopic (exact) mass is 168 g/mol. The highest BCUT2D eigenvalue weighted by Crippen LogP contribution is 2.07. The molecule has 0 bridgehead atoms. The van der Waals surface area contributed by atoms with Gasteiger partial charge in [-0.05, 0) is 13.0 Å². The second kappa shape index (κ2) is 4.23. The molecule has 1 aromatic heterocycles. The highest BCUT2D eigenvalue weighted by Gasteiger charge is 2.06. The molecule has 0 amide bonds. The van der Waals surface area contributed by atoms with E-state index in [1.807, 2.05) is 10.8 Å². The maximum absolute atomic E-state index is 5.87. The Bertz CT molecular complexity index is 231. The minimum Gasteiger partial charge on any atom is -0.330 e. The second-order valence-corrected chi connectivity index (χ2v) is 2.75. The number of nitrogens with two attached hydrogens (primary N) is 2. The van der Waals surface area contributed by atoms with Crippen molar-refractivity contribution in [3.05, 3.63) is 18.2 Å². The third kappa shape index (κ3) is 1.84. The first-order chi connectivity index (χ1) is 5.79. The average Bonchev–Trinajstić information content (AvgIpc) is 2.51. The first-order valence-electron chi connectivity index (χ1n) is 4.27. The molecule has 0 saturated carbocycles. The fraction of sp³-hybridized carbons (Fsp3) is 0.625. The number of nitrogens with zero attached hydrogens (tertiary/aromatic N) is 2. The molecule has 1 heterocycles. The van der Waals surface area contributed by atoms with Crippen LogP contribution in [0.3, 0.4) is 0 Å². The largest absolute Gasteiger partial charge is 0.330 e. The molecule has 12 heavy (non-hydrogen) atoms. The zero-order chi connectivity index (χ0) is 8.97. The maximum Gasteiger partial charge on any atom is 0.109 e. The molecule has 1 aromatic rings. The molecule has 0 aliphatic rings. The molecule has 0 fully saturated rings. The van der Waals surface area contributed by atoms with E-state index in [1.165, 1.54) is 0 Å². The van der Waals surface area contributed by atoms with Gasteiger partial charge in [-0.2, -0.15) is 0 Å². The van der Waals surface area contributed by atoms with E-state index in [4.69, 9.17) is 11.5 Å². The van der Waals surface area contributed by atoms with Gasteiger partial charge in [-0.15, -0.1) is 0 Å². The van der Waals surface area contributed by atoms with E-state index in [9.17, 15) is 0 Å². The predicted octanol–water partition coefficient (Wildman–Crippen LogP) is 0.252. The Balaban J connectivity index is 2.71. The fourth-order valence-electron chi connectivity index (χ4n) is 1.23. The molecule has 0 spiro atoms. The van der Waals surface area contributed by atoms with Gasteiger partial charge in [0.2, 0.25) is 0 Å². The molecule has 4 heteroatoms. The number of aryl methyl sites for hydroxylation is 1. The van der Waals surface area contributed by atoms with Crippen molar-refractivity contribution in [3.8, 4) is 0 Å². The second-order valence-electron chi connectivity index (χ2n) is 2.75. The van der Waals surface area contributed by atoms with Gasteiger partial charge in [0.25, 0.3) is 0 Å². The van der Waals surface area contributed by atoms with Crippen molar-refractivity contribution in [1.82, 2.24) is 9.55 Å². The van der Waals surface area contributed by atoms with E-state index in [0.717, 1.165) is 18.7 Å². The Kier molecular flexibility index (Phi) is 3.25. The molecule has 68 valence electrons. The van der Waals surface area contributed by atoms with Gasteiger partial charge in [-0.3, -0.25) is 0 Å². The Morgan fingerprint density at radius 1 is 1.67 bits per heavy atom. The van der Waals surface area contributed by atoms with E-state index in [-0.39, 0.29) is 6.17 Å². The first kappa shape index (κ1) is 9.22. The molecule has 1 atom stereocenters. The molecule has 0 aromatic carbocycles. The lowest BCUT2D eigenvalue weighted by Crippen LogP contribution is -2.22. The molecule has 4 N–H and O–H groups in total. The van der Waals surface area contributed by atoms with Crippen LogP contribution < -0.4 is 11.5 Å². The van der Waals surface area contributed by atoms with Gasteiger partial charge in [0.05, 0.1) is 6.17 Å². The van der Waals surface area contributed by atoms with Gasteiger partial charge in [0, 0.05) is 18.8 Å². The summed E-state index contributed by atoms with van der Waals surface area (Å²) < 4.78 is 1.98. The average molecular weight is 168 g/mol. The van der Waals surface area contributed by atoms with Crippen LogP contribution in [0.15, 0.2) is 12.4 Å². The summed E-state index contributed by atoms with van der Waals surface area (Å²) in [5.41, 5.74) is 11.3. The SMILES string of the molecule is CCc1nccn1C(N)CCN. The van der Waals surface area contributed by atoms with E-state index in [2.05, 4.69) is 11.9 Å². The summed E-state index contributed by atoms with van der Waals surface area (Å²) in [6.45, 7) is 2.68. The van der Waals surface area contributed by atoms with Crippen molar-refractivity contribution in [1.29, 1.82) is 0 Å². The van der Waals surface area contributed by atoms with E-state index in [1.54, 1.807) is 6.20 Å². The quantitative estimate of drug-likeness (QED) is 0.677. The summed E-state index contributed by atoms with van der Waals surface area (Å²) in [6.07, 6.45) is 5.36. The van der Waals surface area contributed by atoms with Gasteiger partial charge < -0.3 is 16.0 Å². The number of hydrogen-bond acceptors (Lipinski definition) is 3. The van der Waals surface area contributed by atoms with E-state index < -0.39 is 0 Å². The van der Waals surface area contributed by atoms with Gasteiger partial charge in [-0.1, -0.05) is 6.92 Å². The fourth-order valence-corrected chi connectivity index (χ4v) is 1.23. The molecular formula is C8H16N4. The van der Waals surface area contributed by atoms with Crippen LogP contribution in [-0.2, 0) is 6.42 Å². The van der Waals surface area contributed by atoms with Crippen LogP contribution >= 0.6 is 0 Å². The summed E-state index contributed by atoms with van der Waals surface area (Å²) in [6, 6.07) is 0. The number of imidazole rings is 1. The highest BCUT2D eigenvalue weighted by atomic mass is 15.1. The Morgan fingerprint density at radius 2 is 2.42 bits per heavy atom. The van der Waals surface area contributed by atoms with Crippen LogP contribution in [0.5, 0.6) is 0 Å². The van der Waals surface area contributed by atoms with Crippen LogP contribution in [0.1, 0.15) is 25.3 Å². The van der Waals surface area contributed by atoms with Crippen LogP contribution in [-0.4, -0.2) is 16.1 Å². The Morgan fingerprint density at radius 3 is 3.00 bits per heavy atom. The normalized spacial score (nSPS) is 13.2. The first-order valence-corrected chi connectivity index (χ1v) is 4.27. The third-order valence-electron chi connectivity index (χ3n) is 1.88. The minimum absolute atomic E-state index is 0.0209. The van der Waals surface area contributed by atoms with Gasteiger partial charge >= 0.3 is 0 Å². The van der Waals surface area contributed by atoms with Gasteiger partial charge in [0.15, 0.2) is 0 Å². The van der Waals surface area contributed by atoms with E-state index >= 15 is 0 Å². The van der Waals surface area contributed by atoms with Crippen LogP contribution in [0.25, 0.3) is 0 Å². The number of hydrogen-bond donors (Lipinski definition) is 2. The molecule has 1 rings (SSSR count). The zero-order valence-electron chi connectivity index (χ0n) is 7.40. The van der Waals surface area contributed by atoms with Crippen molar-refractivity contribution < 1.29 is 0 Å². The third-order valence-corrected chi connectivity index (χ3v) is 1.88. The minimum atomic E-state index is -0.0209. The summed E-state index contributed by atoms with van der Waals surface area (Å²) in [4.78, 5) is 4.18. The van der Waals surface area contributed by atoms with Crippen molar-refractivity contribution in [2.45, 2.75) is 25.9 Å². The molecule has 4 nitrogen and oxygen atoms in total. The summed E-state index contributed by atoms with van der Waals surface area (Å²) in [7, 11) is 0. The van der Waals surface area contributed by atoms with Crippen LogP contribution in [0.4, 0.5) is 0 Å². The smallest absolute Gasteiger partial charge is 0.109 e. The summed E-state index contributed by atoms with van der Waals surface area (Å²) in [5, 5.41) is 0. The molecule has 1 unspecified atom stereocenters. The van der Waals surface area contributed by atoms with Gasteiger partial charge in [0.1, 0.15) is 5.82 Å². The summed E-state index contributed by atoms with van der Waals surface area (Å²) in [5.74, 6) is 1.02. The molecule has 0 radical (unpaired) electrons. The topological polar surface area (TPSA) is 69.9 Å². The van der Waals surface area contributed by atoms with Crippen LogP contribution in [0.2, 0.25) is 0 Å². The number of rotatable bonds is 4. The van der Waals surface area contributed by atoms with Crippen molar-refractivity contribution in [2.75, 3.05) is 6.54 Å². The highest BCUT2D eigenvalue weighted by molar-refractivity contribution is 4.93. The molecule has 0 aliphatic carbocycles. The Hall–Kier alpha value is -0.870. The lowest BCUT2D eigenvalue weighted by Gasteiger charge is -2.14. The van der Waals surface area contributed by atoms with E-state index in [0.29, 0.717) is 6.54 Å². The van der Waals surface area contributed by atoms with Crippen molar-refractivity contribution in [2.24, 2.45) is 11.5 Å². The molecule has 0 saturated heterocycles. The summed E-state index contributed by atoms with van der Waals surface area (Å²) >= 11 is 0. The molecular weight excluding hydrogens is 152 g/mol. The van der Waals surface area contributed by atoms with Crippen molar-refractivity contribution in [3.63, 3.8) is 0 Å². The lowest BCUT2D eigenvalue weighted by molar-refractivity contribution is 0.474. The lowest BCUT2D eigenvalue weighted by atomic mass is 10.3. The molecule has 0 aliphatic heterocycles. The zero-order valence-corrected chi connectivity index (χ0v) is 7.40. The number of aromatic nitrogens is 2. The standard InChI is InChI=1S/C8H16N4/c1-2-8-11-5-6-12(8)7(10)3-4-9/h5-7H,2-4,9-10H2,1H3. The van der Waals surface area contributed by atoms with Gasteiger partial charge in [-0.25, -0.2) is 4.98 Å². The van der Waals surface area contributed by atoms with Crippen LogP contribution in [0, 0.1) is 0 Å². The predicted molar refractivity (Wildman–Crippen MR) is 48.5 cm³/mol. The maximum atomic E-state index is 5.87. The van der Waals surface area contributed by atoms with Crippen molar-refractivity contribution >= 4 is 0 Å². The Labute approximate surface area is 72.6 Å².